The number of nitrogens with zero attached hydrogens (tertiary/aromatic N) is 3. The number of ether oxygens (including phenoxy) is 2. The van der Waals surface area contributed by atoms with Crippen LogP contribution in [0.15, 0.2) is 48.5 Å². The lowest BCUT2D eigenvalue weighted by Crippen LogP contribution is -2.08. The van der Waals surface area contributed by atoms with E-state index < -0.39 is 5.97 Å². The van der Waals surface area contributed by atoms with Crippen LogP contribution in [0.25, 0.3) is 5.69 Å². The molecule has 3 rings (SSSR count). The van der Waals surface area contributed by atoms with Crippen molar-refractivity contribution in [2.75, 3.05) is 6.61 Å². The molecule has 0 bridgehead atoms. The van der Waals surface area contributed by atoms with E-state index in [0.29, 0.717) is 12.3 Å². The number of hydrogen-bond donors (Lipinski definition) is 0. The van der Waals surface area contributed by atoms with Gasteiger partial charge in [-0.15, -0.1) is 5.10 Å². The van der Waals surface area contributed by atoms with Crippen LogP contribution in [-0.2, 0) is 11.3 Å². The summed E-state index contributed by atoms with van der Waals surface area (Å²) in [5.41, 5.74) is 3.71. The number of aromatic nitrogens is 3. The van der Waals surface area contributed by atoms with Crippen molar-refractivity contribution in [3.8, 4) is 11.4 Å². The van der Waals surface area contributed by atoms with Crippen molar-refractivity contribution in [3.63, 3.8) is 0 Å². The summed E-state index contributed by atoms with van der Waals surface area (Å²) >= 11 is 0. The maximum Gasteiger partial charge on any atom is 0.361 e. The van der Waals surface area contributed by atoms with Crippen LogP contribution in [-0.4, -0.2) is 27.6 Å². The van der Waals surface area contributed by atoms with Crippen LogP contribution < -0.4 is 4.74 Å². The van der Waals surface area contributed by atoms with Gasteiger partial charge in [0.15, 0.2) is 5.69 Å². The van der Waals surface area contributed by atoms with E-state index in [1.165, 1.54) is 0 Å². The SMILES string of the molecule is CCOc1ccc(-n2nnc(C(=O)OCc3cccc(C)c3)c2C)cc1. The molecule has 6 nitrogen and oxygen atoms in total. The topological polar surface area (TPSA) is 66.2 Å². The second-order valence-corrected chi connectivity index (χ2v) is 5.93. The molecule has 0 radical (unpaired) electrons. The number of esters is 1. The molecule has 26 heavy (non-hydrogen) atoms. The third kappa shape index (κ3) is 3.91. The first-order valence-electron chi connectivity index (χ1n) is 8.46. The highest BCUT2D eigenvalue weighted by molar-refractivity contribution is 5.88. The zero-order valence-electron chi connectivity index (χ0n) is 15.1. The minimum absolute atomic E-state index is 0.204. The summed E-state index contributed by atoms with van der Waals surface area (Å²) in [6, 6.07) is 15.3. The van der Waals surface area contributed by atoms with Crippen molar-refractivity contribution in [2.45, 2.75) is 27.4 Å². The highest BCUT2D eigenvalue weighted by atomic mass is 16.5. The number of carbonyl (C=O) groups excluding carboxylic acids is 1. The van der Waals surface area contributed by atoms with E-state index in [1.54, 1.807) is 11.6 Å². The molecule has 134 valence electrons. The Morgan fingerprint density at radius 1 is 1.12 bits per heavy atom. The average Bonchev–Trinajstić information content (AvgIpc) is 3.02. The van der Waals surface area contributed by atoms with E-state index in [0.717, 1.165) is 22.6 Å². The van der Waals surface area contributed by atoms with Crippen molar-refractivity contribution in [1.29, 1.82) is 0 Å². The van der Waals surface area contributed by atoms with Gasteiger partial charge in [0.25, 0.3) is 0 Å². The largest absolute Gasteiger partial charge is 0.494 e. The van der Waals surface area contributed by atoms with Gasteiger partial charge >= 0.3 is 5.97 Å². The van der Waals surface area contributed by atoms with Gasteiger partial charge < -0.3 is 9.47 Å². The van der Waals surface area contributed by atoms with Crippen LogP contribution in [0.4, 0.5) is 0 Å². The van der Waals surface area contributed by atoms with E-state index in [4.69, 9.17) is 9.47 Å². The lowest BCUT2D eigenvalue weighted by atomic mass is 10.1. The van der Waals surface area contributed by atoms with Gasteiger partial charge in [-0.3, -0.25) is 0 Å². The first-order chi connectivity index (χ1) is 12.6. The number of aryl methyl sites for hydroxylation is 1. The molecule has 0 unspecified atom stereocenters. The smallest absolute Gasteiger partial charge is 0.361 e. The average molecular weight is 351 g/mol. The van der Waals surface area contributed by atoms with Crippen molar-refractivity contribution in [2.24, 2.45) is 0 Å². The summed E-state index contributed by atoms with van der Waals surface area (Å²) in [4.78, 5) is 12.3. The van der Waals surface area contributed by atoms with E-state index in [-0.39, 0.29) is 12.3 Å². The van der Waals surface area contributed by atoms with Crippen LogP contribution in [0.3, 0.4) is 0 Å². The lowest BCUT2D eigenvalue weighted by molar-refractivity contribution is 0.0464. The van der Waals surface area contributed by atoms with Crippen LogP contribution in [0.1, 0.15) is 34.2 Å². The number of carbonyl (C=O) groups is 1. The second kappa shape index (κ2) is 7.82. The molecule has 0 spiro atoms. The zero-order chi connectivity index (χ0) is 18.5. The molecule has 3 aromatic rings. The fourth-order valence-electron chi connectivity index (χ4n) is 2.63. The van der Waals surface area contributed by atoms with E-state index in [9.17, 15) is 4.79 Å². The van der Waals surface area contributed by atoms with Crippen molar-refractivity contribution < 1.29 is 14.3 Å². The molecule has 0 N–H and O–H groups in total. The van der Waals surface area contributed by atoms with Gasteiger partial charge in [-0.1, -0.05) is 35.0 Å². The molecule has 0 amide bonds. The molecule has 0 aliphatic carbocycles. The van der Waals surface area contributed by atoms with Gasteiger partial charge in [0, 0.05) is 0 Å². The Morgan fingerprint density at radius 2 is 1.88 bits per heavy atom. The third-order valence-corrected chi connectivity index (χ3v) is 3.93. The molecule has 0 aliphatic rings. The molecule has 0 saturated carbocycles. The molecule has 0 atom stereocenters. The van der Waals surface area contributed by atoms with Crippen molar-refractivity contribution in [1.82, 2.24) is 15.0 Å². The molecule has 0 aliphatic heterocycles. The molecule has 1 heterocycles. The number of rotatable bonds is 6. The monoisotopic (exact) mass is 351 g/mol. The Hall–Kier alpha value is -3.15. The molecular weight excluding hydrogens is 330 g/mol. The summed E-state index contributed by atoms with van der Waals surface area (Å²) < 4.78 is 12.4. The Labute approximate surface area is 152 Å². The summed E-state index contributed by atoms with van der Waals surface area (Å²) in [6.45, 7) is 6.54. The number of hydrogen-bond acceptors (Lipinski definition) is 5. The van der Waals surface area contributed by atoms with Gasteiger partial charge in [0.05, 0.1) is 18.0 Å². The molecule has 0 fully saturated rings. The number of benzene rings is 2. The van der Waals surface area contributed by atoms with Gasteiger partial charge in [0.2, 0.25) is 0 Å². The van der Waals surface area contributed by atoms with Crippen molar-refractivity contribution in [3.05, 3.63) is 71.0 Å². The first-order valence-corrected chi connectivity index (χ1v) is 8.46. The predicted molar refractivity (Wildman–Crippen MR) is 97.6 cm³/mol. The fourth-order valence-corrected chi connectivity index (χ4v) is 2.63. The second-order valence-electron chi connectivity index (χ2n) is 5.93. The third-order valence-electron chi connectivity index (χ3n) is 3.93. The molecule has 1 aromatic heterocycles. The normalized spacial score (nSPS) is 10.6. The van der Waals surface area contributed by atoms with Gasteiger partial charge in [-0.05, 0) is 50.6 Å². The highest BCUT2D eigenvalue weighted by Gasteiger charge is 2.19. The molecule has 0 saturated heterocycles. The first kappa shape index (κ1) is 17.7. The van der Waals surface area contributed by atoms with Crippen LogP contribution >= 0.6 is 0 Å². The maximum atomic E-state index is 12.3. The van der Waals surface area contributed by atoms with E-state index in [1.807, 2.05) is 62.4 Å². The summed E-state index contributed by atoms with van der Waals surface area (Å²) in [7, 11) is 0. The Bertz CT molecular complexity index is 901. The quantitative estimate of drug-likeness (QED) is 0.634. The van der Waals surface area contributed by atoms with Gasteiger partial charge in [-0.25, -0.2) is 9.48 Å². The summed E-state index contributed by atoms with van der Waals surface area (Å²) in [6.07, 6.45) is 0. The highest BCUT2D eigenvalue weighted by Crippen LogP contribution is 2.18. The van der Waals surface area contributed by atoms with E-state index >= 15 is 0 Å². The zero-order valence-corrected chi connectivity index (χ0v) is 15.1. The predicted octanol–water partition coefficient (Wildman–Crippen LogP) is 3.64. The van der Waals surface area contributed by atoms with Crippen LogP contribution in [0, 0.1) is 13.8 Å². The Balaban J connectivity index is 1.72. The van der Waals surface area contributed by atoms with Crippen LogP contribution in [0.5, 0.6) is 5.75 Å². The summed E-state index contributed by atoms with van der Waals surface area (Å²) in [5, 5.41) is 8.06. The Morgan fingerprint density at radius 3 is 2.58 bits per heavy atom. The fraction of sp³-hybridized carbons (Fsp3) is 0.250. The summed E-state index contributed by atoms with van der Waals surface area (Å²) in [5.74, 6) is 0.299. The van der Waals surface area contributed by atoms with Crippen LogP contribution in [0.2, 0.25) is 0 Å². The molecule has 2 aromatic carbocycles. The Kier molecular flexibility index (Phi) is 5.31. The van der Waals surface area contributed by atoms with Crippen molar-refractivity contribution >= 4 is 5.97 Å². The maximum absolute atomic E-state index is 12.3. The minimum atomic E-state index is -0.485. The van der Waals surface area contributed by atoms with Gasteiger partial charge in [-0.2, -0.15) is 0 Å². The van der Waals surface area contributed by atoms with Gasteiger partial charge in [0.1, 0.15) is 12.4 Å². The molecular formula is C20H21N3O3. The van der Waals surface area contributed by atoms with E-state index in [2.05, 4.69) is 10.3 Å². The minimum Gasteiger partial charge on any atom is -0.494 e. The standard InChI is InChI=1S/C20H21N3O3/c1-4-25-18-10-8-17(9-11-18)23-15(3)19(21-22-23)20(24)26-13-16-7-5-6-14(2)12-16/h5-12H,4,13H2,1-3H3. The lowest BCUT2D eigenvalue weighted by Gasteiger charge is -2.07. The molecule has 6 heteroatoms.